The highest BCUT2D eigenvalue weighted by Gasteiger charge is 2.56. The molecule has 172 valence electrons. The summed E-state index contributed by atoms with van der Waals surface area (Å²) in [6.07, 6.45) is -8.60. The topological polar surface area (TPSA) is 197 Å². The van der Waals surface area contributed by atoms with Crippen molar-refractivity contribution in [3.63, 3.8) is 0 Å². The lowest BCUT2D eigenvalue weighted by Gasteiger charge is -2.45. The van der Waals surface area contributed by atoms with E-state index in [1.807, 2.05) is 0 Å². The quantitative estimate of drug-likeness (QED) is 0.289. The number of fused-ring (bicyclic) bond motifs is 1. The summed E-state index contributed by atoms with van der Waals surface area (Å²) < 4.78 is 10.9. The number of aliphatic hydroxyl groups excluding tert-OH is 4. The number of ether oxygens (including phenoxy) is 2. The second-order valence-corrected chi connectivity index (χ2v) is 7.78. The summed E-state index contributed by atoms with van der Waals surface area (Å²) in [5.74, 6) is -5.55. The monoisotopic (exact) mass is 450 g/mol. The highest BCUT2D eigenvalue weighted by Crippen LogP contribution is 2.50. The van der Waals surface area contributed by atoms with E-state index in [-0.39, 0.29) is 17.9 Å². The van der Waals surface area contributed by atoms with E-state index >= 15 is 0 Å². The fourth-order valence-electron chi connectivity index (χ4n) is 4.05. The maximum atomic E-state index is 12.8. The molecule has 4 rings (SSSR count). The average Bonchev–Trinajstić information content (AvgIpc) is 2.74. The normalized spacial score (nSPS) is 32.3. The molecule has 0 aliphatic carbocycles. The Kier molecular flexibility index (Phi) is 5.49. The van der Waals surface area contributed by atoms with Crippen molar-refractivity contribution in [1.29, 1.82) is 0 Å². The van der Waals surface area contributed by atoms with E-state index in [2.05, 4.69) is 0 Å². The number of phenolic OH excluding ortho intramolecular Hbond substituents is 3. The van der Waals surface area contributed by atoms with Crippen LogP contribution in [-0.4, -0.2) is 77.7 Å². The summed E-state index contributed by atoms with van der Waals surface area (Å²) in [5, 5.41) is 81.4. The van der Waals surface area contributed by atoms with Crippen molar-refractivity contribution in [3.8, 4) is 23.0 Å². The van der Waals surface area contributed by atoms with Crippen LogP contribution in [0, 0.1) is 0 Å². The highest BCUT2D eigenvalue weighted by molar-refractivity contribution is 6.03. The Morgan fingerprint density at radius 3 is 2.31 bits per heavy atom. The SMILES string of the molecule is O=C1CC(c2ccc(O)cc2)Oc2cc(O)c(C3(O)OC(CO)C(O)C(O)C3O)c(O)c21. The van der Waals surface area contributed by atoms with Gasteiger partial charge in [0.2, 0.25) is 5.79 Å². The Hall–Kier alpha value is -2.93. The van der Waals surface area contributed by atoms with Crippen LogP contribution in [0.1, 0.15) is 34.0 Å². The maximum absolute atomic E-state index is 12.8. The summed E-state index contributed by atoms with van der Waals surface area (Å²) >= 11 is 0. The van der Waals surface area contributed by atoms with E-state index in [0.717, 1.165) is 6.07 Å². The molecule has 0 bridgehead atoms. The fourth-order valence-corrected chi connectivity index (χ4v) is 4.05. The van der Waals surface area contributed by atoms with Crippen LogP contribution in [0.4, 0.5) is 0 Å². The number of carbonyl (C=O) groups excluding carboxylic acids is 1. The summed E-state index contributed by atoms with van der Waals surface area (Å²) in [6, 6.07) is 6.84. The molecule has 0 aromatic heterocycles. The zero-order valence-corrected chi connectivity index (χ0v) is 16.5. The molecule has 6 unspecified atom stereocenters. The molecule has 2 aromatic rings. The van der Waals surface area contributed by atoms with Crippen LogP contribution in [0.15, 0.2) is 30.3 Å². The van der Waals surface area contributed by atoms with Gasteiger partial charge in [0.05, 0.1) is 18.6 Å². The third kappa shape index (κ3) is 3.35. The minimum absolute atomic E-state index is 0.0176. The van der Waals surface area contributed by atoms with Gasteiger partial charge >= 0.3 is 0 Å². The number of phenols is 3. The molecule has 0 amide bonds. The Balaban J connectivity index is 1.77. The Bertz CT molecular complexity index is 1040. The molecule has 1 saturated heterocycles. The zero-order valence-electron chi connectivity index (χ0n) is 16.5. The van der Waals surface area contributed by atoms with Crippen LogP contribution in [0.25, 0.3) is 0 Å². The van der Waals surface area contributed by atoms with Crippen molar-refractivity contribution >= 4 is 5.78 Å². The summed E-state index contributed by atoms with van der Waals surface area (Å²) in [6.45, 7) is -0.865. The molecule has 2 heterocycles. The first-order valence-corrected chi connectivity index (χ1v) is 9.72. The molecular weight excluding hydrogens is 428 g/mol. The number of hydrogen-bond donors (Lipinski definition) is 8. The van der Waals surface area contributed by atoms with Crippen LogP contribution in [0.5, 0.6) is 23.0 Å². The van der Waals surface area contributed by atoms with E-state index in [1.165, 1.54) is 12.1 Å². The van der Waals surface area contributed by atoms with Crippen molar-refractivity contribution in [2.75, 3.05) is 6.61 Å². The molecule has 0 radical (unpaired) electrons. The number of hydrogen-bond acceptors (Lipinski definition) is 11. The molecule has 32 heavy (non-hydrogen) atoms. The van der Waals surface area contributed by atoms with Crippen molar-refractivity contribution in [1.82, 2.24) is 0 Å². The number of carbonyl (C=O) groups is 1. The molecule has 2 aliphatic rings. The molecular formula is C21H22O11. The lowest BCUT2D eigenvalue weighted by molar-refractivity contribution is -0.358. The standard InChI is InChI=1S/C21H22O11/c22-7-14-17(26)19(28)20(29)21(30,32-14)16-11(25)6-13-15(18(16)27)10(24)5-12(31-13)8-1-3-9(23)4-2-8/h1-4,6,12,14,17,19-20,22-23,25-30H,5,7H2. The van der Waals surface area contributed by atoms with Gasteiger partial charge in [-0.2, -0.15) is 0 Å². The third-order valence-electron chi connectivity index (χ3n) is 5.75. The summed E-state index contributed by atoms with van der Waals surface area (Å²) in [4.78, 5) is 12.8. The predicted octanol–water partition coefficient (Wildman–Crippen LogP) is -0.871. The van der Waals surface area contributed by atoms with E-state index < -0.39 is 71.3 Å². The van der Waals surface area contributed by atoms with Gasteiger partial charge in [0.15, 0.2) is 5.78 Å². The van der Waals surface area contributed by atoms with E-state index in [4.69, 9.17) is 9.47 Å². The van der Waals surface area contributed by atoms with Gasteiger partial charge in [-0.3, -0.25) is 4.79 Å². The first kappa shape index (κ1) is 22.3. The largest absolute Gasteiger partial charge is 0.508 e. The first-order valence-electron chi connectivity index (χ1n) is 9.72. The lowest BCUT2D eigenvalue weighted by Crippen LogP contribution is -2.63. The molecule has 6 atom stereocenters. The smallest absolute Gasteiger partial charge is 0.229 e. The van der Waals surface area contributed by atoms with E-state index in [0.29, 0.717) is 5.56 Å². The Morgan fingerprint density at radius 2 is 1.69 bits per heavy atom. The van der Waals surface area contributed by atoms with Gasteiger partial charge in [-0.25, -0.2) is 0 Å². The fraction of sp³-hybridized carbons (Fsp3) is 0.381. The molecule has 0 spiro atoms. The van der Waals surface area contributed by atoms with Gasteiger partial charge in [-0.15, -0.1) is 0 Å². The van der Waals surface area contributed by atoms with Gasteiger partial charge in [0.25, 0.3) is 0 Å². The summed E-state index contributed by atoms with van der Waals surface area (Å²) in [5.41, 5.74) is -0.663. The molecule has 2 aliphatic heterocycles. The van der Waals surface area contributed by atoms with E-state index in [1.54, 1.807) is 12.1 Å². The van der Waals surface area contributed by atoms with Crippen molar-refractivity contribution in [2.45, 2.75) is 42.7 Å². The molecule has 0 saturated carbocycles. The van der Waals surface area contributed by atoms with Crippen LogP contribution in [0.3, 0.4) is 0 Å². The number of rotatable bonds is 3. The van der Waals surface area contributed by atoms with Crippen LogP contribution in [0.2, 0.25) is 0 Å². The second kappa shape index (κ2) is 7.89. The second-order valence-electron chi connectivity index (χ2n) is 7.78. The zero-order chi connectivity index (χ0) is 23.4. The molecule has 11 heteroatoms. The number of Topliss-reactive ketones (excluding diaryl/α,β-unsaturated/α-hetero) is 1. The lowest BCUT2D eigenvalue weighted by atomic mass is 9.85. The summed E-state index contributed by atoms with van der Waals surface area (Å²) in [7, 11) is 0. The van der Waals surface area contributed by atoms with E-state index in [9.17, 15) is 45.6 Å². The van der Waals surface area contributed by atoms with Crippen molar-refractivity contribution in [3.05, 3.63) is 47.0 Å². The van der Waals surface area contributed by atoms with Crippen LogP contribution >= 0.6 is 0 Å². The molecule has 11 nitrogen and oxygen atoms in total. The molecule has 2 aromatic carbocycles. The predicted molar refractivity (Wildman–Crippen MR) is 104 cm³/mol. The maximum Gasteiger partial charge on any atom is 0.229 e. The third-order valence-corrected chi connectivity index (χ3v) is 5.75. The van der Waals surface area contributed by atoms with Gasteiger partial charge in [-0.05, 0) is 17.7 Å². The van der Waals surface area contributed by atoms with Gasteiger partial charge < -0.3 is 50.3 Å². The van der Waals surface area contributed by atoms with Crippen LogP contribution < -0.4 is 4.74 Å². The van der Waals surface area contributed by atoms with Gasteiger partial charge in [-0.1, -0.05) is 12.1 Å². The number of aliphatic hydroxyl groups is 5. The average molecular weight is 450 g/mol. The first-order chi connectivity index (χ1) is 15.1. The number of aromatic hydroxyl groups is 3. The van der Waals surface area contributed by atoms with Crippen LogP contribution in [-0.2, 0) is 10.5 Å². The van der Waals surface area contributed by atoms with Gasteiger partial charge in [0.1, 0.15) is 59.1 Å². The number of ketones is 1. The van der Waals surface area contributed by atoms with Crippen molar-refractivity contribution < 1.29 is 55.1 Å². The number of benzene rings is 2. The van der Waals surface area contributed by atoms with Gasteiger partial charge in [0, 0.05) is 6.07 Å². The Morgan fingerprint density at radius 1 is 1.03 bits per heavy atom. The Labute approximate surface area is 181 Å². The minimum atomic E-state index is -2.97. The molecule has 1 fully saturated rings. The highest BCUT2D eigenvalue weighted by atomic mass is 16.7. The van der Waals surface area contributed by atoms with Crippen molar-refractivity contribution in [2.24, 2.45) is 0 Å². The minimum Gasteiger partial charge on any atom is -0.508 e. The molecule has 8 N–H and O–H groups in total.